The molecule has 0 fully saturated rings. The number of hydrogen-bond acceptors (Lipinski definition) is 3. The number of carboxylic acids is 1. The van der Waals surface area contributed by atoms with Gasteiger partial charge < -0.3 is 15.2 Å². The summed E-state index contributed by atoms with van der Waals surface area (Å²) in [5.74, 6) is -1.19. The van der Waals surface area contributed by atoms with E-state index in [1.807, 2.05) is 85.8 Å². The first-order valence-corrected chi connectivity index (χ1v) is 12.0. The molecule has 2 N–H and O–H groups in total. The molecule has 0 aromatic heterocycles. The second-order valence-corrected chi connectivity index (χ2v) is 9.13. The molecule has 0 saturated carbocycles. The zero-order valence-corrected chi connectivity index (χ0v) is 20.0. The van der Waals surface area contributed by atoms with E-state index in [2.05, 4.69) is 23.5 Å². The van der Waals surface area contributed by atoms with E-state index in [0.29, 0.717) is 0 Å². The average Bonchev–Trinajstić information content (AvgIpc) is 3.21. The molecular formula is C31H27NO4. The summed E-state index contributed by atoms with van der Waals surface area (Å²) in [6.07, 6.45) is -0.575. The standard InChI is InChI=1S/C31H27NO4/c1-20-7-6-8-23(17-20)22-15-13-21(14-16-22)18-29(30(33)34)32-31(35)36-19-28-26-11-4-2-9-24(26)25-10-3-5-12-27(25)28/h2-17,28-29H,18-19H2,1H3,(H,32,35)(H,33,34)/t29-/m0/s1. The van der Waals surface area contributed by atoms with Gasteiger partial charge in [-0.15, -0.1) is 0 Å². The third-order valence-electron chi connectivity index (χ3n) is 6.68. The van der Waals surface area contributed by atoms with Crippen LogP contribution < -0.4 is 5.32 Å². The van der Waals surface area contributed by atoms with Crippen molar-refractivity contribution in [1.29, 1.82) is 0 Å². The van der Waals surface area contributed by atoms with Crippen LogP contribution in [0.3, 0.4) is 0 Å². The summed E-state index contributed by atoms with van der Waals surface area (Å²) >= 11 is 0. The first kappa shape index (κ1) is 23.4. The monoisotopic (exact) mass is 477 g/mol. The van der Waals surface area contributed by atoms with Crippen LogP contribution in [0, 0.1) is 6.92 Å². The van der Waals surface area contributed by atoms with Gasteiger partial charge in [-0.1, -0.05) is 103 Å². The van der Waals surface area contributed by atoms with Gasteiger partial charge in [0.25, 0.3) is 0 Å². The summed E-state index contributed by atoms with van der Waals surface area (Å²) < 4.78 is 5.53. The Morgan fingerprint density at radius 2 is 1.47 bits per heavy atom. The number of benzene rings is 4. The second kappa shape index (κ2) is 10.1. The van der Waals surface area contributed by atoms with Crippen molar-refractivity contribution >= 4 is 12.1 Å². The first-order chi connectivity index (χ1) is 17.5. The number of rotatable bonds is 7. The minimum atomic E-state index is -1.11. The van der Waals surface area contributed by atoms with Gasteiger partial charge in [0.05, 0.1) is 0 Å². The van der Waals surface area contributed by atoms with E-state index in [4.69, 9.17) is 4.74 Å². The summed E-state index contributed by atoms with van der Waals surface area (Å²) in [5, 5.41) is 12.2. The van der Waals surface area contributed by atoms with Crippen LogP contribution in [-0.2, 0) is 16.0 Å². The van der Waals surface area contributed by atoms with E-state index >= 15 is 0 Å². The van der Waals surface area contributed by atoms with Gasteiger partial charge in [0, 0.05) is 12.3 Å². The first-order valence-electron chi connectivity index (χ1n) is 12.0. The van der Waals surface area contributed by atoms with Crippen molar-refractivity contribution in [3.63, 3.8) is 0 Å². The van der Waals surface area contributed by atoms with Gasteiger partial charge in [0.1, 0.15) is 12.6 Å². The average molecular weight is 478 g/mol. The Morgan fingerprint density at radius 1 is 0.833 bits per heavy atom. The second-order valence-electron chi connectivity index (χ2n) is 9.13. The van der Waals surface area contributed by atoms with Crippen LogP contribution in [0.2, 0.25) is 0 Å². The van der Waals surface area contributed by atoms with Crippen molar-refractivity contribution in [2.45, 2.75) is 25.3 Å². The summed E-state index contributed by atoms with van der Waals surface area (Å²) in [6, 6.07) is 31.0. The van der Waals surface area contributed by atoms with E-state index < -0.39 is 18.1 Å². The number of carbonyl (C=O) groups excluding carboxylic acids is 1. The van der Waals surface area contributed by atoms with Gasteiger partial charge in [-0.2, -0.15) is 0 Å². The van der Waals surface area contributed by atoms with E-state index in [9.17, 15) is 14.7 Å². The number of carbonyl (C=O) groups is 2. The third kappa shape index (κ3) is 4.86. The lowest BCUT2D eigenvalue weighted by atomic mass is 9.98. The molecule has 0 bridgehead atoms. The fourth-order valence-corrected chi connectivity index (χ4v) is 4.88. The fraction of sp³-hybridized carbons (Fsp3) is 0.161. The van der Waals surface area contributed by atoms with Crippen LogP contribution in [0.25, 0.3) is 22.3 Å². The molecule has 180 valence electrons. The molecule has 4 aromatic carbocycles. The highest BCUT2D eigenvalue weighted by Gasteiger charge is 2.29. The molecule has 0 heterocycles. The number of carboxylic acid groups (broad SMARTS) is 1. The molecule has 5 nitrogen and oxygen atoms in total. The molecule has 0 aliphatic heterocycles. The number of hydrogen-bond donors (Lipinski definition) is 2. The van der Waals surface area contributed by atoms with Gasteiger partial charge >= 0.3 is 12.1 Å². The highest BCUT2D eigenvalue weighted by molar-refractivity contribution is 5.81. The van der Waals surface area contributed by atoms with Crippen molar-refractivity contribution in [3.05, 3.63) is 119 Å². The zero-order valence-electron chi connectivity index (χ0n) is 20.0. The Balaban J connectivity index is 1.23. The molecule has 1 amide bonds. The number of aryl methyl sites for hydroxylation is 1. The van der Waals surface area contributed by atoms with Crippen LogP contribution in [0.5, 0.6) is 0 Å². The Hall–Kier alpha value is -4.38. The smallest absolute Gasteiger partial charge is 0.407 e. The molecule has 1 atom stereocenters. The van der Waals surface area contributed by atoms with Crippen LogP contribution >= 0.6 is 0 Å². The number of alkyl carbamates (subject to hydrolysis) is 1. The molecule has 1 aliphatic carbocycles. The Morgan fingerprint density at radius 3 is 2.08 bits per heavy atom. The molecule has 1 aliphatic rings. The van der Waals surface area contributed by atoms with Gasteiger partial charge in [-0.25, -0.2) is 9.59 Å². The molecular weight excluding hydrogens is 450 g/mol. The van der Waals surface area contributed by atoms with E-state index in [0.717, 1.165) is 38.9 Å². The van der Waals surface area contributed by atoms with Crippen molar-refractivity contribution in [2.75, 3.05) is 6.61 Å². The number of nitrogens with one attached hydrogen (secondary N) is 1. The largest absolute Gasteiger partial charge is 0.480 e. The molecule has 0 radical (unpaired) electrons. The highest BCUT2D eigenvalue weighted by Crippen LogP contribution is 2.44. The van der Waals surface area contributed by atoms with Gasteiger partial charge in [0.15, 0.2) is 0 Å². The van der Waals surface area contributed by atoms with E-state index in [1.54, 1.807) is 0 Å². The fourth-order valence-electron chi connectivity index (χ4n) is 4.88. The highest BCUT2D eigenvalue weighted by atomic mass is 16.5. The van der Waals surface area contributed by atoms with Crippen molar-refractivity contribution in [1.82, 2.24) is 5.32 Å². The molecule has 0 unspecified atom stereocenters. The third-order valence-corrected chi connectivity index (χ3v) is 6.68. The maximum absolute atomic E-state index is 12.6. The maximum Gasteiger partial charge on any atom is 0.407 e. The Kier molecular flexibility index (Phi) is 6.54. The number of amides is 1. The van der Waals surface area contributed by atoms with Crippen molar-refractivity contribution in [3.8, 4) is 22.3 Å². The minimum Gasteiger partial charge on any atom is -0.480 e. The predicted molar refractivity (Wildman–Crippen MR) is 140 cm³/mol. The summed E-state index contributed by atoms with van der Waals surface area (Å²) in [5.41, 5.74) is 8.64. The van der Waals surface area contributed by atoms with E-state index in [-0.39, 0.29) is 18.9 Å². The van der Waals surface area contributed by atoms with Crippen LogP contribution in [0.1, 0.15) is 28.2 Å². The quantitative estimate of drug-likeness (QED) is 0.332. The molecule has 0 saturated heterocycles. The normalized spacial score (nSPS) is 12.9. The summed E-state index contributed by atoms with van der Waals surface area (Å²) in [6.45, 7) is 2.18. The lowest BCUT2D eigenvalue weighted by Crippen LogP contribution is -2.42. The topological polar surface area (TPSA) is 75.6 Å². The van der Waals surface area contributed by atoms with Crippen LogP contribution in [0.15, 0.2) is 97.1 Å². The number of aliphatic carboxylic acids is 1. The summed E-state index contributed by atoms with van der Waals surface area (Å²) in [4.78, 5) is 24.5. The van der Waals surface area contributed by atoms with Crippen LogP contribution in [-0.4, -0.2) is 29.8 Å². The minimum absolute atomic E-state index is 0.0828. The van der Waals surface area contributed by atoms with Gasteiger partial charge in [0.2, 0.25) is 0 Å². The molecule has 0 spiro atoms. The maximum atomic E-state index is 12.6. The molecule has 5 heteroatoms. The number of ether oxygens (including phenoxy) is 1. The lowest BCUT2D eigenvalue weighted by molar-refractivity contribution is -0.139. The molecule has 4 aromatic rings. The summed E-state index contributed by atoms with van der Waals surface area (Å²) in [7, 11) is 0. The van der Waals surface area contributed by atoms with Crippen LogP contribution in [0.4, 0.5) is 4.79 Å². The van der Waals surface area contributed by atoms with Crippen molar-refractivity contribution < 1.29 is 19.4 Å². The predicted octanol–water partition coefficient (Wildman–Crippen LogP) is 6.20. The lowest BCUT2D eigenvalue weighted by Gasteiger charge is -2.17. The number of fused-ring (bicyclic) bond motifs is 3. The molecule has 5 rings (SSSR count). The molecule has 36 heavy (non-hydrogen) atoms. The Labute approximate surface area is 210 Å². The zero-order chi connectivity index (χ0) is 25.1. The van der Waals surface area contributed by atoms with Crippen molar-refractivity contribution in [2.24, 2.45) is 0 Å². The van der Waals surface area contributed by atoms with Gasteiger partial charge in [-0.05, 0) is 45.9 Å². The Bertz CT molecular complexity index is 1360. The SMILES string of the molecule is Cc1cccc(-c2ccc(C[C@H](NC(=O)OCC3c4ccccc4-c4ccccc43)C(=O)O)cc2)c1. The van der Waals surface area contributed by atoms with E-state index in [1.165, 1.54) is 5.56 Å². The van der Waals surface area contributed by atoms with Gasteiger partial charge in [-0.3, -0.25) is 0 Å².